The van der Waals surface area contributed by atoms with E-state index in [9.17, 15) is 22.0 Å². The number of carbonyl (C=O) groups excluding carboxylic acids is 1. The van der Waals surface area contributed by atoms with Gasteiger partial charge in [-0.2, -0.15) is 0 Å². The highest BCUT2D eigenvalue weighted by Crippen LogP contribution is 2.38. The first-order chi connectivity index (χ1) is 17.0. The number of nitrogens with zero attached hydrogens (tertiary/aromatic N) is 6. The van der Waals surface area contributed by atoms with Crippen molar-refractivity contribution >= 4 is 32.9 Å². The lowest BCUT2D eigenvalue weighted by molar-refractivity contribution is 0.150. The molecule has 194 valence electrons. The number of fused-ring (bicyclic) bond motifs is 1. The zero-order valence-electron chi connectivity index (χ0n) is 20.1. The van der Waals surface area contributed by atoms with Crippen LogP contribution in [0.25, 0.3) is 16.3 Å². The van der Waals surface area contributed by atoms with Gasteiger partial charge in [0, 0.05) is 38.9 Å². The Labute approximate surface area is 211 Å². The monoisotopic (exact) mass is 539 g/mol. The zero-order chi connectivity index (χ0) is 25.8. The number of likely N-dealkylation sites (tertiary alicyclic amines) is 1. The van der Waals surface area contributed by atoms with E-state index >= 15 is 0 Å². The van der Waals surface area contributed by atoms with Gasteiger partial charge in [-0.1, -0.05) is 11.3 Å². The van der Waals surface area contributed by atoms with Crippen molar-refractivity contribution in [1.82, 2.24) is 34.1 Å². The summed E-state index contributed by atoms with van der Waals surface area (Å²) in [5.41, 5.74) is 0.996. The maximum Gasteiger partial charge on any atom is 0.319 e. The summed E-state index contributed by atoms with van der Waals surface area (Å²) in [5, 5.41) is 7.18. The number of rotatable bonds is 6. The summed E-state index contributed by atoms with van der Waals surface area (Å²) in [4.78, 5) is 20.2. The van der Waals surface area contributed by atoms with Crippen LogP contribution in [0, 0.1) is 0 Å². The molecule has 1 saturated carbocycles. The number of imidazole rings is 1. The van der Waals surface area contributed by atoms with Crippen molar-refractivity contribution in [2.45, 2.75) is 55.4 Å². The number of sulfonamides is 1. The summed E-state index contributed by atoms with van der Waals surface area (Å²) >= 11 is 0.725. The zero-order valence-corrected chi connectivity index (χ0v) is 21.7. The maximum absolute atomic E-state index is 13.3. The lowest BCUT2D eigenvalue weighted by Crippen LogP contribution is -2.43. The van der Waals surface area contributed by atoms with Gasteiger partial charge in [0.15, 0.2) is 15.8 Å². The molecule has 1 aliphatic heterocycles. The van der Waals surface area contributed by atoms with Crippen LogP contribution in [0.4, 0.5) is 13.6 Å². The van der Waals surface area contributed by atoms with Crippen molar-refractivity contribution in [2.24, 2.45) is 0 Å². The van der Waals surface area contributed by atoms with E-state index in [2.05, 4.69) is 19.9 Å². The van der Waals surface area contributed by atoms with Crippen molar-refractivity contribution in [3.05, 3.63) is 29.0 Å². The van der Waals surface area contributed by atoms with Gasteiger partial charge in [0.25, 0.3) is 6.43 Å². The van der Waals surface area contributed by atoms with Gasteiger partial charge >= 0.3 is 6.03 Å². The molecule has 14 heteroatoms. The molecule has 0 radical (unpaired) electrons. The standard InChI is InChI=1S/C22H27F2N7O3S2/c1-22(6-7-22)28-36(33,34)14-10-15(13-4-8-30(9-5-13)21(32)29(2)3)16-11-25-18(31(16)12-14)20-27-26-19(35-20)17(23)24/h10-13,17,28H,4-9H2,1-3H3. The number of halogens is 2. The van der Waals surface area contributed by atoms with Gasteiger partial charge in [-0.05, 0) is 50.2 Å². The Morgan fingerprint density at radius 1 is 1.25 bits per heavy atom. The van der Waals surface area contributed by atoms with Crippen LogP contribution in [0.5, 0.6) is 0 Å². The van der Waals surface area contributed by atoms with Crippen LogP contribution < -0.4 is 4.72 Å². The molecule has 0 unspecified atom stereocenters. The summed E-state index contributed by atoms with van der Waals surface area (Å²) in [7, 11) is -0.434. The third kappa shape index (κ3) is 4.68. The summed E-state index contributed by atoms with van der Waals surface area (Å²) < 4.78 is 57.3. The van der Waals surface area contributed by atoms with Gasteiger partial charge in [0.1, 0.15) is 0 Å². The molecule has 0 aromatic carbocycles. The van der Waals surface area contributed by atoms with Crippen LogP contribution in [0.3, 0.4) is 0 Å². The fraction of sp³-hybridized carbons (Fsp3) is 0.545. The average molecular weight is 540 g/mol. The van der Waals surface area contributed by atoms with Crippen LogP contribution in [0.2, 0.25) is 0 Å². The fourth-order valence-corrected chi connectivity index (χ4v) is 6.67. The van der Waals surface area contributed by atoms with Crippen molar-refractivity contribution in [3.8, 4) is 10.8 Å². The summed E-state index contributed by atoms with van der Waals surface area (Å²) in [5.74, 6) is 0.242. The molecule has 2 amide bonds. The summed E-state index contributed by atoms with van der Waals surface area (Å²) in [6.45, 7) is 2.93. The van der Waals surface area contributed by atoms with Crippen LogP contribution in [-0.2, 0) is 10.0 Å². The van der Waals surface area contributed by atoms with Crippen LogP contribution in [0.1, 0.15) is 55.5 Å². The Bertz CT molecular complexity index is 1410. The highest BCUT2D eigenvalue weighted by Gasteiger charge is 2.41. The molecule has 0 atom stereocenters. The number of alkyl halides is 2. The van der Waals surface area contributed by atoms with Gasteiger partial charge in [-0.3, -0.25) is 4.40 Å². The highest BCUT2D eigenvalue weighted by molar-refractivity contribution is 7.89. The van der Waals surface area contributed by atoms with E-state index in [4.69, 9.17) is 0 Å². The number of carbonyl (C=O) groups is 1. The number of urea groups is 1. The lowest BCUT2D eigenvalue weighted by Gasteiger charge is -2.34. The molecule has 2 aliphatic rings. The molecule has 2 fully saturated rings. The Hall–Kier alpha value is -2.71. The van der Waals surface area contributed by atoms with Crippen molar-refractivity contribution in [1.29, 1.82) is 0 Å². The number of amides is 2. The first-order valence-electron chi connectivity index (χ1n) is 11.6. The number of hydrogen-bond donors (Lipinski definition) is 1. The van der Waals surface area contributed by atoms with Crippen molar-refractivity contribution in [3.63, 3.8) is 0 Å². The lowest BCUT2D eigenvalue weighted by atomic mass is 9.89. The van der Waals surface area contributed by atoms with Gasteiger partial charge in [0.2, 0.25) is 10.0 Å². The Kier molecular flexibility index (Phi) is 6.24. The predicted molar refractivity (Wildman–Crippen MR) is 130 cm³/mol. The van der Waals surface area contributed by atoms with Crippen LogP contribution in [0.15, 0.2) is 23.4 Å². The summed E-state index contributed by atoms with van der Waals surface area (Å²) in [6, 6.07) is 1.61. The van der Waals surface area contributed by atoms with Gasteiger partial charge in [0.05, 0.1) is 16.6 Å². The second-order valence-electron chi connectivity index (χ2n) is 9.82. The third-order valence-electron chi connectivity index (χ3n) is 6.74. The smallest absolute Gasteiger partial charge is 0.319 e. The molecule has 36 heavy (non-hydrogen) atoms. The number of aromatic nitrogens is 4. The van der Waals surface area contributed by atoms with Crippen LogP contribution >= 0.6 is 11.3 Å². The van der Waals surface area contributed by atoms with E-state index in [-0.39, 0.29) is 27.7 Å². The molecule has 4 heterocycles. The molecule has 0 bridgehead atoms. The first kappa shape index (κ1) is 25.0. The van der Waals surface area contributed by atoms with Gasteiger partial charge in [-0.25, -0.2) is 31.7 Å². The van der Waals surface area contributed by atoms with Crippen molar-refractivity contribution in [2.75, 3.05) is 27.2 Å². The molecular formula is C22H27F2N7O3S2. The molecule has 1 aliphatic carbocycles. The minimum atomic E-state index is -3.85. The minimum absolute atomic E-state index is 0.0130. The van der Waals surface area contributed by atoms with Gasteiger partial charge < -0.3 is 9.80 Å². The highest BCUT2D eigenvalue weighted by atomic mass is 32.2. The Balaban J connectivity index is 1.57. The quantitative estimate of drug-likeness (QED) is 0.513. The Morgan fingerprint density at radius 3 is 2.53 bits per heavy atom. The normalized spacial score (nSPS) is 18.2. The van der Waals surface area contributed by atoms with Crippen molar-refractivity contribution < 1.29 is 22.0 Å². The molecule has 1 saturated heterocycles. The summed E-state index contributed by atoms with van der Waals surface area (Å²) in [6.07, 6.45) is 3.14. The van der Waals surface area contributed by atoms with E-state index in [0.29, 0.717) is 31.4 Å². The third-order valence-corrected chi connectivity index (χ3v) is 9.28. The predicted octanol–water partition coefficient (Wildman–Crippen LogP) is 3.48. The van der Waals surface area contributed by atoms with E-state index < -0.39 is 27.0 Å². The molecule has 5 rings (SSSR count). The SMILES string of the molecule is CN(C)C(=O)N1CCC(c2cc(S(=O)(=O)NC3(C)CC3)cn3c(-c4nnc(C(F)F)s4)ncc23)CC1. The maximum atomic E-state index is 13.3. The number of hydrogen-bond acceptors (Lipinski definition) is 7. The second-order valence-corrected chi connectivity index (χ2v) is 12.5. The molecular weight excluding hydrogens is 512 g/mol. The Morgan fingerprint density at radius 2 is 1.94 bits per heavy atom. The number of piperidine rings is 1. The van der Waals surface area contributed by atoms with E-state index in [0.717, 1.165) is 29.7 Å². The van der Waals surface area contributed by atoms with E-state index in [1.54, 1.807) is 35.7 Å². The molecule has 3 aromatic heterocycles. The first-order valence-corrected chi connectivity index (χ1v) is 13.9. The number of pyridine rings is 1. The fourth-order valence-electron chi connectivity index (χ4n) is 4.48. The molecule has 10 nitrogen and oxygen atoms in total. The van der Waals surface area contributed by atoms with Crippen LogP contribution in [-0.4, -0.2) is 76.6 Å². The molecule has 1 N–H and O–H groups in total. The largest absolute Gasteiger partial charge is 0.331 e. The number of nitrogens with one attached hydrogen (secondary N) is 1. The average Bonchev–Trinajstić information content (AvgIpc) is 3.22. The minimum Gasteiger partial charge on any atom is -0.331 e. The second kappa shape index (κ2) is 8.99. The van der Waals surface area contributed by atoms with Gasteiger partial charge in [-0.15, -0.1) is 10.2 Å². The molecule has 0 spiro atoms. The van der Waals surface area contributed by atoms with E-state index in [1.807, 2.05) is 6.92 Å². The topological polar surface area (TPSA) is 113 Å². The van der Waals surface area contributed by atoms with E-state index in [1.165, 1.54) is 11.1 Å². The molecule has 3 aromatic rings.